The van der Waals surface area contributed by atoms with Gasteiger partial charge in [-0.25, -0.2) is 9.97 Å². The third-order valence-electron chi connectivity index (χ3n) is 5.98. The Labute approximate surface area is 186 Å². The average molecular weight is 432 g/mol. The van der Waals surface area contributed by atoms with Crippen molar-refractivity contribution in [1.29, 1.82) is 0 Å². The van der Waals surface area contributed by atoms with E-state index in [4.69, 9.17) is 20.4 Å². The normalized spacial score (nSPS) is 14.8. The van der Waals surface area contributed by atoms with Crippen LogP contribution in [0.3, 0.4) is 0 Å². The minimum atomic E-state index is -0.226. The van der Waals surface area contributed by atoms with Crippen molar-refractivity contribution < 1.29 is 14.4 Å². The first kappa shape index (κ1) is 20.4. The van der Waals surface area contributed by atoms with E-state index < -0.39 is 0 Å². The van der Waals surface area contributed by atoms with Gasteiger partial charge >= 0.3 is 0 Å². The summed E-state index contributed by atoms with van der Waals surface area (Å²) in [6, 6.07) is 15.6. The second kappa shape index (κ2) is 8.57. The van der Waals surface area contributed by atoms with Crippen LogP contribution in [0.1, 0.15) is 15.9 Å². The van der Waals surface area contributed by atoms with Crippen molar-refractivity contribution in [3.63, 3.8) is 0 Å². The molecule has 5 rings (SSSR count). The minimum absolute atomic E-state index is 0.226. The summed E-state index contributed by atoms with van der Waals surface area (Å²) < 4.78 is 7.22. The summed E-state index contributed by atoms with van der Waals surface area (Å²) in [5.41, 5.74) is 11.5. The fraction of sp³-hybridized carbons (Fsp3) is 0.292. The summed E-state index contributed by atoms with van der Waals surface area (Å²) in [6.45, 7) is 6.89. The van der Waals surface area contributed by atoms with E-state index in [2.05, 4.69) is 5.32 Å². The van der Waals surface area contributed by atoms with E-state index in [0.717, 1.165) is 55.1 Å². The molecule has 8 heteroatoms. The number of nitrogen functional groups attached to an aromatic ring is 1. The number of para-hydroxylation sites is 2. The highest BCUT2D eigenvalue weighted by Gasteiger charge is 2.25. The second-order valence-electron chi connectivity index (χ2n) is 8.18. The van der Waals surface area contributed by atoms with Gasteiger partial charge in [-0.3, -0.25) is 9.36 Å². The van der Waals surface area contributed by atoms with Gasteiger partial charge in [0.1, 0.15) is 30.0 Å². The number of fused-ring (bicyclic) bond motifs is 2. The molecule has 0 radical (unpaired) electrons. The molecule has 0 saturated carbocycles. The van der Waals surface area contributed by atoms with Gasteiger partial charge < -0.3 is 20.7 Å². The lowest BCUT2D eigenvalue weighted by atomic mass is 10.2. The fourth-order valence-electron chi connectivity index (χ4n) is 4.19. The zero-order valence-corrected chi connectivity index (χ0v) is 18.1. The number of hydrogen-bond acceptors (Lipinski definition) is 5. The molecule has 8 nitrogen and oxygen atoms in total. The maximum Gasteiger partial charge on any atom is 0.257 e. The van der Waals surface area contributed by atoms with Crippen molar-refractivity contribution >= 4 is 33.9 Å². The third kappa shape index (κ3) is 3.79. The molecule has 1 aliphatic heterocycles. The predicted octanol–water partition coefficient (Wildman–Crippen LogP) is 1.11. The second-order valence-corrected chi connectivity index (χ2v) is 8.18. The van der Waals surface area contributed by atoms with Gasteiger partial charge in [0.2, 0.25) is 0 Å². The molecule has 0 unspecified atom stereocenters. The number of nitrogens with two attached hydrogens (primary N) is 1. The molecular weight excluding hydrogens is 404 g/mol. The highest BCUT2D eigenvalue weighted by atomic mass is 16.5. The van der Waals surface area contributed by atoms with Gasteiger partial charge in [-0.15, -0.1) is 0 Å². The number of ether oxygens (including phenoxy) is 1. The highest BCUT2D eigenvalue weighted by Crippen LogP contribution is 2.31. The van der Waals surface area contributed by atoms with Crippen LogP contribution < -0.4 is 16.0 Å². The van der Waals surface area contributed by atoms with Crippen LogP contribution in [0.5, 0.6) is 0 Å². The number of anilines is 1. The summed E-state index contributed by atoms with van der Waals surface area (Å²) in [7, 11) is 0. The van der Waals surface area contributed by atoms with Crippen molar-refractivity contribution in [2.75, 3.05) is 45.1 Å². The van der Waals surface area contributed by atoms with Crippen LogP contribution in [0.15, 0.2) is 48.5 Å². The van der Waals surface area contributed by atoms with Crippen molar-refractivity contribution in [1.82, 2.24) is 19.9 Å². The fourth-order valence-corrected chi connectivity index (χ4v) is 4.19. The largest absolute Gasteiger partial charge is 0.384 e. The number of quaternary nitrogens is 1. The monoisotopic (exact) mass is 431 g/mol. The number of carbonyl (C=O) groups is 1. The molecule has 4 aromatic rings. The topological polar surface area (TPSA) is 99.5 Å². The molecule has 1 amide bonds. The van der Waals surface area contributed by atoms with Crippen LogP contribution in [0, 0.1) is 6.92 Å². The van der Waals surface area contributed by atoms with Crippen LogP contribution in [-0.2, 0) is 4.74 Å². The van der Waals surface area contributed by atoms with Crippen LogP contribution in [0.2, 0.25) is 0 Å². The Hall–Kier alpha value is -3.49. The molecule has 0 atom stereocenters. The number of aryl methyl sites for hydroxylation is 1. The first-order chi connectivity index (χ1) is 15.6. The summed E-state index contributed by atoms with van der Waals surface area (Å²) in [4.78, 5) is 24.3. The Bertz CT molecular complexity index is 1280. The van der Waals surface area contributed by atoms with Crippen LogP contribution >= 0.6 is 0 Å². The molecule has 4 N–H and O–H groups in total. The Balaban J connectivity index is 1.54. The summed E-state index contributed by atoms with van der Waals surface area (Å²) in [6.07, 6.45) is 0. The Kier molecular flexibility index (Phi) is 5.46. The SMILES string of the molecule is Cc1ccc(-n2c(N)c(C(=O)NCC[NH+]3CCOCC3)c3nc4ccccc4nc32)cc1. The van der Waals surface area contributed by atoms with E-state index in [9.17, 15) is 4.79 Å². The lowest BCUT2D eigenvalue weighted by molar-refractivity contribution is -0.906. The van der Waals surface area contributed by atoms with E-state index in [0.29, 0.717) is 29.1 Å². The Morgan fingerprint density at radius 1 is 1.09 bits per heavy atom. The maximum absolute atomic E-state index is 13.2. The zero-order valence-electron chi connectivity index (χ0n) is 18.1. The summed E-state index contributed by atoms with van der Waals surface area (Å²) >= 11 is 0. The molecule has 1 aliphatic rings. The molecular formula is C24H27N6O2+. The van der Waals surface area contributed by atoms with Crippen molar-refractivity contribution in [3.8, 4) is 5.69 Å². The van der Waals surface area contributed by atoms with Gasteiger partial charge in [-0.2, -0.15) is 0 Å². The molecule has 1 fully saturated rings. The molecule has 32 heavy (non-hydrogen) atoms. The highest BCUT2D eigenvalue weighted by molar-refractivity contribution is 6.11. The molecule has 3 heterocycles. The van der Waals surface area contributed by atoms with E-state index in [1.165, 1.54) is 4.90 Å². The number of amides is 1. The van der Waals surface area contributed by atoms with Gasteiger partial charge in [-0.1, -0.05) is 29.8 Å². The lowest BCUT2D eigenvalue weighted by Gasteiger charge is -2.23. The van der Waals surface area contributed by atoms with Gasteiger partial charge in [0.05, 0.1) is 37.3 Å². The van der Waals surface area contributed by atoms with Gasteiger partial charge in [0.25, 0.3) is 5.91 Å². The number of rotatable bonds is 5. The predicted molar refractivity (Wildman–Crippen MR) is 124 cm³/mol. The van der Waals surface area contributed by atoms with Gasteiger partial charge in [0.15, 0.2) is 5.65 Å². The number of nitrogens with zero attached hydrogens (tertiary/aromatic N) is 3. The quantitative estimate of drug-likeness (QED) is 0.440. The average Bonchev–Trinajstić information content (AvgIpc) is 3.09. The summed E-state index contributed by atoms with van der Waals surface area (Å²) in [5, 5.41) is 3.04. The van der Waals surface area contributed by atoms with Crippen LogP contribution in [0.25, 0.3) is 27.9 Å². The zero-order chi connectivity index (χ0) is 22.1. The maximum atomic E-state index is 13.2. The minimum Gasteiger partial charge on any atom is -0.384 e. The van der Waals surface area contributed by atoms with E-state index >= 15 is 0 Å². The van der Waals surface area contributed by atoms with Gasteiger partial charge in [-0.05, 0) is 31.2 Å². The Morgan fingerprint density at radius 2 is 1.78 bits per heavy atom. The van der Waals surface area contributed by atoms with Crippen molar-refractivity contribution in [3.05, 3.63) is 59.7 Å². The first-order valence-corrected chi connectivity index (χ1v) is 10.9. The number of nitrogens with one attached hydrogen (secondary N) is 2. The smallest absolute Gasteiger partial charge is 0.257 e. The lowest BCUT2D eigenvalue weighted by Crippen LogP contribution is -3.14. The molecule has 2 aromatic heterocycles. The molecule has 2 aromatic carbocycles. The van der Waals surface area contributed by atoms with Gasteiger partial charge in [0, 0.05) is 5.69 Å². The molecule has 0 bridgehead atoms. The molecule has 1 saturated heterocycles. The van der Waals surface area contributed by atoms with Crippen molar-refractivity contribution in [2.45, 2.75) is 6.92 Å². The molecule has 0 spiro atoms. The number of benzene rings is 2. The van der Waals surface area contributed by atoms with E-state index in [1.54, 1.807) is 0 Å². The Morgan fingerprint density at radius 3 is 2.50 bits per heavy atom. The number of morpholine rings is 1. The standard InChI is InChI=1S/C24H26N6O2/c1-16-6-8-17(9-7-16)30-22(25)20(24(31)26-10-11-29-12-14-32-15-13-29)21-23(30)28-19-5-3-2-4-18(19)27-21/h2-9H,10-15,25H2,1H3,(H,26,31)/p+1. The molecule has 164 valence electrons. The van der Waals surface area contributed by atoms with Crippen LogP contribution in [0.4, 0.5) is 5.82 Å². The summed E-state index contributed by atoms with van der Waals surface area (Å²) in [5.74, 6) is 0.117. The van der Waals surface area contributed by atoms with E-state index in [-0.39, 0.29) is 5.91 Å². The van der Waals surface area contributed by atoms with Crippen molar-refractivity contribution in [2.24, 2.45) is 0 Å². The number of hydrogen-bond donors (Lipinski definition) is 3. The first-order valence-electron chi connectivity index (χ1n) is 10.9. The third-order valence-corrected chi connectivity index (χ3v) is 5.98. The number of aromatic nitrogens is 3. The number of carbonyl (C=O) groups excluding carboxylic acids is 1. The van der Waals surface area contributed by atoms with Crippen LogP contribution in [-0.4, -0.2) is 59.8 Å². The molecule has 0 aliphatic carbocycles. The van der Waals surface area contributed by atoms with E-state index in [1.807, 2.05) is 60.0 Å².